The van der Waals surface area contributed by atoms with Gasteiger partial charge in [0.25, 0.3) is 0 Å². The highest BCUT2D eigenvalue weighted by Crippen LogP contribution is 2.45. The van der Waals surface area contributed by atoms with Crippen LogP contribution in [-0.4, -0.2) is 5.78 Å². The predicted octanol–water partition coefficient (Wildman–Crippen LogP) is 10.7. The molecule has 0 aliphatic heterocycles. The molecule has 0 radical (unpaired) electrons. The smallest absolute Gasteiger partial charge is 0.180 e. The van der Waals surface area contributed by atoms with Crippen LogP contribution in [0.3, 0.4) is 0 Å². The number of hydrogen-bond donors (Lipinski definition) is 0. The molecule has 0 aromatic heterocycles. The molecule has 0 spiro atoms. The summed E-state index contributed by atoms with van der Waals surface area (Å²) in [5.41, 5.74) is 0. The van der Waals surface area contributed by atoms with Crippen molar-refractivity contribution in [2.45, 2.75) is 128 Å². The quantitative estimate of drug-likeness (QED) is 0.147. The van der Waals surface area contributed by atoms with E-state index in [0.717, 1.165) is 23.7 Å². The first kappa shape index (κ1) is 27.6. The zero-order valence-electron chi connectivity index (χ0n) is 21.4. The summed E-state index contributed by atoms with van der Waals surface area (Å²) >= 11 is 4.90. The van der Waals surface area contributed by atoms with E-state index in [1.54, 1.807) is 0 Å². The second-order valence-electron chi connectivity index (χ2n) is 12.4. The molecule has 4 aliphatic carbocycles. The lowest BCUT2D eigenvalue weighted by molar-refractivity contribution is -0.110. The van der Waals surface area contributed by atoms with Crippen LogP contribution in [0.5, 0.6) is 0 Å². The second-order valence-corrected chi connectivity index (χ2v) is 14.9. The van der Waals surface area contributed by atoms with Gasteiger partial charge in [0.2, 0.25) is 0 Å². The first-order chi connectivity index (χ1) is 16.6. The van der Waals surface area contributed by atoms with E-state index in [1.807, 2.05) is 12.2 Å². The summed E-state index contributed by atoms with van der Waals surface area (Å²) in [6, 6.07) is 0. The molecule has 3 heteroatoms. The normalized spacial score (nSPS) is 31.7. The minimum atomic E-state index is 0.232. The van der Waals surface area contributed by atoms with E-state index in [-0.39, 0.29) is 5.78 Å². The predicted molar refractivity (Wildman–Crippen MR) is 162 cm³/mol. The zero-order valence-corrected chi connectivity index (χ0v) is 25.7. The van der Waals surface area contributed by atoms with Crippen LogP contribution in [0.25, 0.3) is 0 Å². The molecule has 0 atom stereocenters. The van der Waals surface area contributed by atoms with E-state index >= 15 is 0 Å². The number of rotatable bonds is 12. The van der Waals surface area contributed by atoms with Gasteiger partial charge in [-0.3, -0.25) is 4.79 Å². The number of hydrogen-bond acceptors (Lipinski definition) is 1. The van der Waals surface area contributed by atoms with E-state index in [0.29, 0.717) is 11.8 Å². The Morgan fingerprint density at radius 2 is 0.912 bits per heavy atom. The summed E-state index contributed by atoms with van der Waals surface area (Å²) in [5, 5.41) is 0. The van der Waals surface area contributed by atoms with Crippen molar-refractivity contribution in [1.82, 2.24) is 0 Å². The maximum absolute atomic E-state index is 12.6. The van der Waals surface area contributed by atoms with Crippen LogP contribution in [0.2, 0.25) is 0 Å². The van der Waals surface area contributed by atoms with Crippen molar-refractivity contribution in [2.24, 2.45) is 35.5 Å². The second kappa shape index (κ2) is 14.5. The average molecular weight is 691 g/mol. The van der Waals surface area contributed by atoms with Gasteiger partial charge in [-0.1, -0.05) is 103 Å². The maximum atomic E-state index is 12.6. The molecule has 4 saturated carbocycles. The van der Waals surface area contributed by atoms with Gasteiger partial charge in [0, 0.05) is 0 Å². The Balaban J connectivity index is 1.07. The molecule has 0 saturated heterocycles. The fourth-order valence-corrected chi connectivity index (χ4v) is 8.92. The standard InChI is InChI=1S/C31H48I2O/c32-30(27-17-25(18-27)15-7-13-23-9-3-1-4-10-23)21-29(34)22-31(33)28-19-26(20-28)16-8-14-24-11-5-2-6-12-24/h21-28H,1-20H2. The van der Waals surface area contributed by atoms with Crippen molar-refractivity contribution in [3.8, 4) is 0 Å². The van der Waals surface area contributed by atoms with Crippen LogP contribution in [-0.2, 0) is 4.79 Å². The fourth-order valence-electron chi connectivity index (χ4n) is 7.28. The summed E-state index contributed by atoms with van der Waals surface area (Å²) < 4.78 is 2.61. The zero-order chi connectivity index (χ0) is 23.8. The van der Waals surface area contributed by atoms with E-state index in [1.165, 1.54) is 136 Å². The molecule has 0 aromatic rings. The Hall–Kier alpha value is 0.610. The molecule has 4 fully saturated rings. The molecule has 0 N–H and O–H groups in total. The minimum Gasteiger partial charge on any atom is -0.290 e. The van der Waals surface area contributed by atoms with Crippen molar-refractivity contribution < 1.29 is 4.79 Å². The monoisotopic (exact) mass is 690 g/mol. The van der Waals surface area contributed by atoms with Crippen molar-refractivity contribution in [2.75, 3.05) is 0 Å². The first-order valence-corrected chi connectivity index (χ1v) is 17.0. The van der Waals surface area contributed by atoms with Crippen molar-refractivity contribution in [3.05, 3.63) is 19.3 Å². The molecule has 34 heavy (non-hydrogen) atoms. The highest BCUT2D eigenvalue weighted by atomic mass is 127. The molecule has 0 bridgehead atoms. The van der Waals surface area contributed by atoms with Crippen LogP contribution < -0.4 is 0 Å². The highest BCUT2D eigenvalue weighted by Gasteiger charge is 2.32. The maximum Gasteiger partial charge on any atom is 0.180 e. The van der Waals surface area contributed by atoms with Crippen LogP contribution in [0.15, 0.2) is 19.3 Å². The molecular formula is C31H48I2O. The Morgan fingerprint density at radius 3 is 1.29 bits per heavy atom. The van der Waals surface area contributed by atoms with Gasteiger partial charge in [0.1, 0.15) is 0 Å². The number of ketones is 1. The molecule has 4 rings (SSSR count). The van der Waals surface area contributed by atoms with E-state index in [4.69, 9.17) is 0 Å². The van der Waals surface area contributed by atoms with Gasteiger partial charge < -0.3 is 0 Å². The van der Waals surface area contributed by atoms with Gasteiger partial charge in [-0.05, 0) is 126 Å². The van der Waals surface area contributed by atoms with Crippen molar-refractivity contribution in [1.29, 1.82) is 0 Å². The van der Waals surface area contributed by atoms with Crippen LogP contribution >= 0.6 is 45.2 Å². The molecule has 4 aliphatic rings. The Labute approximate surface area is 237 Å². The Morgan fingerprint density at radius 1 is 0.559 bits per heavy atom. The van der Waals surface area contributed by atoms with Gasteiger partial charge >= 0.3 is 0 Å². The number of carbonyl (C=O) groups is 1. The molecule has 0 amide bonds. The van der Waals surface area contributed by atoms with Crippen molar-refractivity contribution in [3.63, 3.8) is 0 Å². The molecule has 0 aromatic carbocycles. The minimum absolute atomic E-state index is 0.232. The van der Waals surface area contributed by atoms with Crippen molar-refractivity contribution >= 4 is 51.0 Å². The molecule has 192 valence electrons. The topological polar surface area (TPSA) is 17.1 Å². The third-order valence-electron chi connectivity index (χ3n) is 9.71. The molecule has 1 nitrogen and oxygen atoms in total. The lowest BCUT2D eigenvalue weighted by Crippen LogP contribution is -2.25. The van der Waals surface area contributed by atoms with E-state index in [9.17, 15) is 4.79 Å². The Bertz CT molecular complexity index is 628. The summed E-state index contributed by atoms with van der Waals surface area (Å²) in [6.45, 7) is 0. The summed E-state index contributed by atoms with van der Waals surface area (Å²) in [7, 11) is 0. The lowest BCUT2D eigenvalue weighted by Gasteiger charge is -2.36. The average Bonchev–Trinajstić information content (AvgIpc) is 2.77. The van der Waals surface area contributed by atoms with Crippen LogP contribution in [0, 0.1) is 35.5 Å². The molecule has 0 unspecified atom stereocenters. The van der Waals surface area contributed by atoms with Crippen LogP contribution in [0.4, 0.5) is 0 Å². The summed E-state index contributed by atoms with van der Waals surface area (Å²) in [6.07, 6.45) is 32.6. The molecular weight excluding hydrogens is 642 g/mol. The molecule has 0 heterocycles. The van der Waals surface area contributed by atoms with E-state index < -0.39 is 0 Å². The van der Waals surface area contributed by atoms with Gasteiger partial charge in [-0.25, -0.2) is 0 Å². The van der Waals surface area contributed by atoms with Gasteiger partial charge in [0.05, 0.1) is 0 Å². The van der Waals surface area contributed by atoms with Gasteiger partial charge in [0.15, 0.2) is 5.78 Å². The SMILES string of the molecule is O=C(C=C(I)C1CC(CCCC2CCCCC2)C1)C=C(I)C1CC(CCCC2CCCCC2)C1. The van der Waals surface area contributed by atoms with E-state index in [2.05, 4.69) is 45.2 Å². The lowest BCUT2D eigenvalue weighted by atomic mass is 9.71. The number of carbonyl (C=O) groups excluding carboxylic acids is 1. The number of halogens is 2. The largest absolute Gasteiger partial charge is 0.290 e. The van der Waals surface area contributed by atoms with Crippen LogP contribution in [0.1, 0.15) is 128 Å². The summed E-state index contributed by atoms with van der Waals surface area (Å²) in [5.74, 6) is 5.45. The summed E-state index contributed by atoms with van der Waals surface area (Å²) in [4.78, 5) is 12.6. The van der Waals surface area contributed by atoms with Gasteiger partial charge in [-0.15, -0.1) is 0 Å². The number of allylic oxidation sites excluding steroid dienone is 4. The highest BCUT2D eigenvalue weighted by molar-refractivity contribution is 14.1. The Kier molecular flexibility index (Phi) is 11.8. The van der Waals surface area contributed by atoms with Gasteiger partial charge in [-0.2, -0.15) is 0 Å². The fraction of sp³-hybridized carbons (Fsp3) is 0.839. The third kappa shape index (κ3) is 8.87. The third-order valence-corrected chi connectivity index (χ3v) is 12.1. The first-order valence-electron chi connectivity index (χ1n) is 14.8.